The fourth-order valence-electron chi connectivity index (χ4n) is 2.12. The third-order valence-electron chi connectivity index (χ3n) is 3.18. The molecule has 2 rings (SSSR count). The van der Waals surface area contributed by atoms with E-state index in [4.69, 9.17) is 21.1 Å². The predicted octanol–water partition coefficient (Wildman–Crippen LogP) is 2.38. The number of nitrogens with zero attached hydrogens (tertiary/aromatic N) is 2. The first kappa shape index (κ1) is 15.1. The lowest BCUT2D eigenvalue weighted by molar-refractivity contribution is -0.0389. The number of carbonyl (C=O) groups excluding carboxylic acids is 1. The highest BCUT2D eigenvalue weighted by atomic mass is 35.5. The Labute approximate surface area is 123 Å². The second-order valence-corrected chi connectivity index (χ2v) is 5.27. The second kappa shape index (κ2) is 6.41. The number of carbonyl (C=O) groups is 1. The standard InChI is InChI=1S/C14H19ClN2O3/c1-4-19-12-6-5-11(15)13(16-12)14(18)17-7-10(3)20-8-9(17)2/h5-6,9-10H,4,7-8H2,1-3H3/t9-,10+/m1/s1. The van der Waals surface area contributed by atoms with Crippen molar-refractivity contribution < 1.29 is 14.3 Å². The van der Waals surface area contributed by atoms with Gasteiger partial charge in [-0.15, -0.1) is 0 Å². The molecule has 0 spiro atoms. The van der Waals surface area contributed by atoms with Crippen molar-refractivity contribution in [3.05, 3.63) is 22.8 Å². The fraction of sp³-hybridized carbons (Fsp3) is 0.571. The van der Waals surface area contributed by atoms with Crippen LogP contribution in [0.4, 0.5) is 0 Å². The van der Waals surface area contributed by atoms with Gasteiger partial charge in [0.1, 0.15) is 0 Å². The third-order valence-corrected chi connectivity index (χ3v) is 3.49. The zero-order valence-electron chi connectivity index (χ0n) is 11.9. The van der Waals surface area contributed by atoms with Crippen molar-refractivity contribution in [3.63, 3.8) is 0 Å². The number of hydrogen-bond acceptors (Lipinski definition) is 4. The Morgan fingerprint density at radius 3 is 3.00 bits per heavy atom. The lowest BCUT2D eigenvalue weighted by Gasteiger charge is -2.36. The molecule has 0 saturated carbocycles. The molecule has 1 aliphatic rings. The molecule has 1 aliphatic heterocycles. The first-order valence-electron chi connectivity index (χ1n) is 6.74. The molecule has 0 N–H and O–H groups in total. The minimum atomic E-state index is -0.181. The maximum Gasteiger partial charge on any atom is 0.274 e. The summed E-state index contributed by atoms with van der Waals surface area (Å²) < 4.78 is 10.8. The maximum atomic E-state index is 12.6. The van der Waals surface area contributed by atoms with Gasteiger partial charge >= 0.3 is 0 Å². The topological polar surface area (TPSA) is 51.7 Å². The minimum Gasteiger partial charge on any atom is -0.478 e. The smallest absolute Gasteiger partial charge is 0.274 e. The van der Waals surface area contributed by atoms with Crippen LogP contribution >= 0.6 is 11.6 Å². The van der Waals surface area contributed by atoms with Crippen LogP contribution in [0.25, 0.3) is 0 Å². The normalized spacial score (nSPS) is 22.7. The van der Waals surface area contributed by atoms with Gasteiger partial charge in [-0.2, -0.15) is 0 Å². The van der Waals surface area contributed by atoms with Gasteiger partial charge in [-0.05, 0) is 26.8 Å². The molecule has 20 heavy (non-hydrogen) atoms. The number of pyridine rings is 1. The summed E-state index contributed by atoms with van der Waals surface area (Å²) in [6.45, 7) is 7.31. The molecule has 0 aliphatic carbocycles. The molecule has 2 atom stereocenters. The first-order valence-corrected chi connectivity index (χ1v) is 7.12. The first-order chi connectivity index (χ1) is 9.52. The second-order valence-electron chi connectivity index (χ2n) is 4.86. The average Bonchev–Trinajstić information content (AvgIpc) is 2.43. The molecule has 5 nitrogen and oxygen atoms in total. The van der Waals surface area contributed by atoms with E-state index in [-0.39, 0.29) is 23.7 Å². The number of morpholine rings is 1. The van der Waals surface area contributed by atoms with Gasteiger partial charge in [-0.25, -0.2) is 4.98 Å². The number of ether oxygens (including phenoxy) is 2. The van der Waals surface area contributed by atoms with Gasteiger partial charge in [0.15, 0.2) is 5.69 Å². The molecular formula is C14H19ClN2O3. The van der Waals surface area contributed by atoms with E-state index >= 15 is 0 Å². The molecule has 1 aromatic heterocycles. The van der Waals surface area contributed by atoms with E-state index in [0.29, 0.717) is 30.7 Å². The quantitative estimate of drug-likeness (QED) is 0.860. The molecule has 110 valence electrons. The van der Waals surface area contributed by atoms with Crippen LogP contribution in [0.15, 0.2) is 12.1 Å². The number of hydrogen-bond donors (Lipinski definition) is 0. The van der Waals surface area contributed by atoms with Crippen molar-refractivity contribution in [2.45, 2.75) is 32.9 Å². The van der Waals surface area contributed by atoms with Crippen molar-refractivity contribution in [3.8, 4) is 5.88 Å². The van der Waals surface area contributed by atoms with Crippen molar-refractivity contribution in [1.29, 1.82) is 0 Å². The molecule has 0 unspecified atom stereocenters. The molecule has 0 aromatic carbocycles. The van der Waals surface area contributed by atoms with Gasteiger partial charge in [0.25, 0.3) is 5.91 Å². The van der Waals surface area contributed by atoms with Crippen LogP contribution in [0.3, 0.4) is 0 Å². The predicted molar refractivity (Wildman–Crippen MR) is 76.3 cm³/mol. The fourth-order valence-corrected chi connectivity index (χ4v) is 2.31. The van der Waals surface area contributed by atoms with E-state index in [0.717, 1.165) is 0 Å². The van der Waals surface area contributed by atoms with E-state index in [1.807, 2.05) is 20.8 Å². The summed E-state index contributed by atoms with van der Waals surface area (Å²) in [6.07, 6.45) is 0.0176. The molecule has 0 bridgehead atoms. The van der Waals surface area contributed by atoms with Crippen LogP contribution in [0.1, 0.15) is 31.3 Å². The van der Waals surface area contributed by atoms with Crippen LogP contribution < -0.4 is 4.74 Å². The van der Waals surface area contributed by atoms with Gasteiger partial charge in [0, 0.05) is 12.6 Å². The van der Waals surface area contributed by atoms with Crippen molar-refractivity contribution in [1.82, 2.24) is 9.88 Å². The molecule has 0 radical (unpaired) electrons. The molecule has 1 saturated heterocycles. The van der Waals surface area contributed by atoms with Gasteiger partial charge in [0.05, 0.1) is 30.4 Å². The van der Waals surface area contributed by atoms with Crippen LogP contribution in [0, 0.1) is 0 Å². The largest absolute Gasteiger partial charge is 0.478 e. The zero-order chi connectivity index (χ0) is 14.7. The third kappa shape index (κ3) is 3.22. The van der Waals surface area contributed by atoms with Gasteiger partial charge < -0.3 is 14.4 Å². The monoisotopic (exact) mass is 298 g/mol. The molecule has 2 heterocycles. The number of rotatable bonds is 3. The summed E-state index contributed by atoms with van der Waals surface area (Å²) in [4.78, 5) is 18.6. The summed E-state index contributed by atoms with van der Waals surface area (Å²) in [5, 5.41) is 0.338. The lowest BCUT2D eigenvalue weighted by Crippen LogP contribution is -2.50. The van der Waals surface area contributed by atoms with Crippen LogP contribution in [-0.4, -0.2) is 47.7 Å². The Hall–Kier alpha value is -1.33. The van der Waals surface area contributed by atoms with Crippen LogP contribution in [-0.2, 0) is 4.74 Å². The average molecular weight is 299 g/mol. The molecule has 1 aromatic rings. The molecule has 1 fully saturated rings. The summed E-state index contributed by atoms with van der Waals surface area (Å²) >= 11 is 6.10. The highest BCUT2D eigenvalue weighted by Gasteiger charge is 2.30. The maximum absolute atomic E-state index is 12.6. The minimum absolute atomic E-state index is 0.00677. The van der Waals surface area contributed by atoms with Crippen molar-refractivity contribution >= 4 is 17.5 Å². The van der Waals surface area contributed by atoms with E-state index in [1.165, 1.54) is 0 Å². The van der Waals surface area contributed by atoms with Gasteiger partial charge in [-0.1, -0.05) is 11.6 Å². The number of halogens is 1. The van der Waals surface area contributed by atoms with E-state index in [9.17, 15) is 4.79 Å². The van der Waals surface area contributed by atoms with E-state index < -0.39 is 0 Å². The summed E-state index contributed by atoms with van der Waals surface area (Å²) in [5.41, 5.74) is 0.235. The van der Waals surface area contributed by atoms with Crippen molar-refractivity contribution in [2.24, 2.45) is 0 Å². The number of amides is 1. The Balaban J connectivity index is 2.25. The summed E-state index contributed by atoms with van der Waals surface area (Å²) in [6, 6.07) is 3.31. The van der Waals surface area contributed by atoms with Crippen LogP contribution in [0.2, 0.25) is 5.02 Å². The van der Waals surface area contributed by atoms with Gasteiger partial charge in [-0.3, -0.25) is 4.79 Å². The van der Waals surface area contributed by atoms with Gasteiger partial charge in [0.2, 0.25) is 5.88 Å². The van der Waals surface area contributed by atoms with Crippen LogP contribution in [0.5, 0.6) is 5.88 Å². The summed E-state index contributed by atoms with van der Waals surface area (Å²) in [5.74, 6) is 0.230. The van der Waals surface area contributed by atoms with Crippen molar-refractivity contribution in [2.75, 3.05) is 19.8 Å². The van der Waals surface area contributed by atoms with E-state index in [2.05, 4.69) is 4.98 Å². The SMILES string of the molecule is CCOc1ccc(Cl)c(C(=O)N2C[C@H](C)OC[C@H]2C)n1. The zero-order valence-corrected chi connectivity index (χ0v) is 12.7. The summed E-state index contributed by atoms with van der Waals surface area (Å²) in [7, 11) is 0. The van der Waals surface area contributed by atoms with E-state index in [1.54, 1.807) is 17.0 Å². The Morgan fingerprint density at radius 2 is 2.30 bits per heavy atom. The Kier molecular flexibility index (Phi) is 4.83. The Bertz CT molecular complexity index is 495. The Morgan fingerprint density at radius 1 is 1.55 bits per heavy atom. The lowest BCUT2D eigenvalue weighted by atomic mass is 10.2. The molecule has 1 amide bonds. The molecular weight excluding hydrogens is 280 g/mol. The highest BCUT2D eigenvalue weighted by Crippen LogP contribution is 2.22. The number of aromatic nitrogens is 1. The molecule has 6 heteroatoms. The highest BCUT2D eigenvalue weighted by molar-refractivity contribution is 6.33.